The Morgan fingerprint density at radius 1 is 0.309 bits per heavy atom. The fourth-order valence-electron chi connectivity index (χ4n) is 11.4. The van der Waals surface area contributed by atoms with Crippen LogP contribution < -0.4 is 0 Å². The van der Waals surface area contributed by atoms with Crippen LogP contribution in [0.1, 0.15) is 388 Å². The van der Waals surface area contributed by atoms with Crippen LogP contribution >= 0.6 is 15.6 Å². The van der Waals surface area contributed by atoms with E-state index in [4.69, 9.17) is 37.0 Å². The van der Waals surface area contributed by atoms with Crippen molar-refractivity contribution >= 4 is 39.5 Å². The summed E-state index contributed by atoms with van der Waals surface area (Å²) >= 11 is 0. The van der Waals surface area contributed by atoms with E-state index in [0.717, 1.165) is 108 Å². The molecule has 19 heteroatoms. The molecule has 3 unspecified atom stereocenters. The first-order chi connectivity index (χ1) is 45.4. The first-order valence-electron chi connectivity index (χ1n) is 39.0. The molecule has 0 saturated heterocycles. The molecule has 0 heterocycles. The van der Waals surface area contributed by atoms with Crippen molar-refractivity contribution in [3.05, 3.63) is 0 Å². The van der Waals surface area contributed by atoms with Gasteiger partial charge in [0.25, 0.3) is 0 Å². The van der Waals surface area contributed by atoms with E-state index >= 15 is 0 Å². The second kappa shape index (κ2) is 66.9. The van der Waals surface area contributed by atoms with Crippen molar-refractivity contribution in [1.29, 1.82) is 0 Å². The lowest BCUT2D eigenvalue weighted by Gasteiger charge is -2.21. The summed E-state index contributed by atoms with van der Waals surface area (Å²) in [4.78, 5) is 72.6. The number of unbranched alkanes of at least 4 members (excludes halogenated alkanes) is 43. The van der Waals surface area contributed by atoms with Gasteiger partial charge in [0.1, 0.15) is 19.3 Å². The molecule has 0 spiro atoms. The molecule has 0 radical (unpaired) electrons. The van der Waals surface area contributed by atoms with Gasteiger partial charge in [-0.15, -0.1) is 0 Å². The number of phosphoric acid groups is 2. The Bertz CT molecular complexity index is 1820. The monoisotopic (exact) mass is 1380 g/mol. The highest BCUT2D eigenvalue weighted by atomic mass is 31.2. The Balaban J connectivity index is 5.15. The van der Waals surface area contributed by atoms with Crippen molar-refractivity contribution < 1.29 is 80.2 Å². The highest BCUT2D eigenvalue weighted by Crippen LogP contribution is 2.45. The first kappa shape index (κ1) is 92.1. The third kappa shape index (κ3) is 67.3. The van der Waals surface area contributed by atoms with E-state index in [2.05, 4.69) is 41.5 Å². The van der Waals surface area contributed by atoms with Crippen LogP contribution in [0.3, 0.4) is 0 Å². The summed E-state index contributed by atoms with van der Waals surface area (Å²) in [5.41, 5.74) is 0. The Morgan fingerprint density at radius 3 is 0.809 bits per heavy atom. The molecule has 17 nitrogen and oxygen atoms in total. The molecule has 0 aliphatic heterocycles. The maximum Gasteiger partial charge on any atom is 0.472 e. The van der Waals surface area contributed by atoms with Gasteiger partial charge in [-0.25, -0.2) is 9.13 Å². The van der Waals surface area contributed by atoms with Crippen LogP contribution in [0, 0.1) is 11.8 Å². The Labute approximate surface area is 575 Å². The Hall–Kier alpha value is -1.94. The summed E-state index contributed by atoms with van der Waals surface area (Å²) in [7, 11) is -9.90. The highest BCUT2D eigenvalue weighted by Gasteiger charge is 2.30. The van der Waals surface area contributed by atoms with Gasteiger partial charge in [0.2, 0.25) is 0 Å². The zero-order valence-electron chi connectivity index (χ0n) is 61.3. The second-order valence-corrected chi connectivity index (χ2v) is 30.7. The standard InChI is InChI=1S/C75H146O17P2/c1-7-10-12-14-16-18-34-41-47-53-59-74(79)91-70(63-85-72(77)57-51-45-39-17-15-13-11-8-2)65-89-93(81,82)87-61-69(76)62-88-94(83,84)90-66-71(64-86-73(78)58-52-46-40-35-31-27-28-32-37-43-49-55-67(4)5)92-75(80)60-54-48-42-36-30-26-24-22-20-19-21-23-25-29-33-38-44-50-56-68(6)9-3/h67-71,76H,7-66H2,1-6H3,(H,81,82)(H,83,84)/t68?,69-,70+,71+/m0/s1. The van der Waals surface area contributed by atoms with Crippen LogP contribution in [0.2, 0.25) is 0 Å². The molecule has 94 heavy (non-hydrogen) atoms. The molecule has 0 aromatic carbocycles. The van der Waals surface area contributed by atoms with Gasteiger partial charge in [-0.2, -0.15) is 0 Å². The summed E-state index contributed by atoms with van der Waals surface area (Å²) < 4.78 is 68.3. The number of rotatable bonds is 74. The minimum atomic E-state index is -4.96. The van der Waals surface area contributed by atoms with E-state index in [1.165, 1.54) is 199 Å². The molecule has 558 valence electrons. The van der Waals surface area contributed by atoms with Crippen LogP contribution in [0.15, 0.2) is 0 Å². The number of aliphatic hydroxyl groups excluding tert-OH is 1. The van der Waals surface area contributed by atoms with Crippen LogP contribution in [-0.4, -0.2) is 96.7 Å². The normalized spacial score (nSPS) is 14.3. The quantitative estimate of drug-likeness (QED) is 0.0222. The average Bonchev–Trinajstić information content (AvgIpc) is 2.51. The topological polar surface area (TPSA) is 237 Å². The summed E-state index contributed by atoms with van der Waals surface area (Å²) in [6.07, 6.45) is 54.2. The van der Waals surface area contributed by atoms with Crippen molar-refractivity contribution in [3.63, 3.8) is 0 Å². The third-order valence-electron chi connectivity index (χ3n) is 17.8. The maximum atomic E-state index is 13.1. The molecule has 0 saturated carbocycles. The number of ether oxygens (including phenoxy) is 4. The number of hydrogen-bond donors (Lipinski definition) is 3. The van der Waals surface area contributed by atoms with E-state index in [-0.39, 0.29) is 25.7 Å². The van der Waals surface area contributed by atoms with Gasteiger partial charge in [-0.1, -0.05) is 337 Å². The predicted molar refractivity (Wildman–Crippen MR) is 381 cm³/mol. The molecule has 0 aromatic heterocycles. The van der Waals surface area contributed by atoms with Gasteiger partial charge < -0.3 is 33.8 Å². The molecule has 0 aromatic rings. The van der Waals surface area contributed by atoms with Gasteiger partial charge in [-0.05, 0) is 37.5 Å². The zero-order valence-corrected chi connectivity index (χ0v) is 63.1. The first-order valence-corrected chi connectivity index (χ1v) is 42.0. The van der Waals surface area contributed by atoms with Crippen LogP contribution in [0.4, 0.5) is 0 Å². The Kier molecular flexibility index (Phi) is 65.5. The number of hydrogen-bond acceptors (Lipinski definition) is 15. The smallest absolute Gasteiger partial charge is 0.462 e. The van der Waals surface area contributed by atoms with Gasteiger partial charge in [0.05, 0.1) is 26.4 Å². The van der Waals surface area contributed by atoms with E-state index in [0.29, 0.717) is 25.7 Å². The summed E-state index contributed by atoms with van der Waals surface area (Å²) in [6, 6.07) is 0. The maximum absolute atomic E-state index is 13.1. The van der Waals surface area contributed by atoms with Crippen LogP contribution in [0.25, 0.3) is 0 Å². The largest absolute Gasteiger partial charge is 0.472 e. The fraction of sp³-hybridized carbons (Fsp3) is 0.947. The van der Waals surface area contributed by atoms with E-state index in [1.807, 2.05) is 0 Å². The summed E-state index contributed by atoms with van der Waals surface area (Å²) in [6.45, 7) is 9.62. The minimum Gasteiger partial charge on any atom is -0.462 e. The SMILES string of the molecule is CCCCCCCCCCCCC(=O)O[C@H](COC(=O)CCCCCCCCCC)COP(=O)(O)OC[C@H](O)COP(=O)(O)OC[C@@H](COC(=O)CCCCCCCCCCCCCC(C)C)OC(=O)CCCCCCCCCCCCCCCCCCCCC(C)CC. The molecule has 0 fully saturated rings. The Morgan fingerprint density at radius 2 is 0.543 bits per heavy atom. The number of carbonyl (C=O) groups excluding carboxylic acids is 4. The van der Waals surface area contributed by atoms with Crippen molar-refractivity contribution in [2.45, 2.75) is 407 Å². The van der Waals surface area contributed by atoms with E-state index in [1.54, 1.807) is 0 Å². The number of phosphoric ester groups is 2. The van der Waals surface area contributed by atoms with E-state index < -0.39 is 97.5 Å². The molecular formula is C75H146O17P2. The number of carbonyl (C=O) groups is 4. The van der Waals surface area contributed by atoms with Gasteiger partial charge in [0.15, 0.2) is 12.2 Å². The molecule has 0 rings (SSSR count). The summed E-state index contributed by atoms with van der Waals surface area (Å²) in [5.74, 6) is -0.479. The molecule has 0 aliphatic carbocycles. The molecule has 3 N–H and O–H groups in total. The van der Waals surface area contributed by atoms with Crippen molar-refractivity contribution in [2.24, 2.45) is 11.8 Å². The summed E-state index contributed by atoms with van der Waals surface area (Å²) in [5, 5.41) is 10.6. The molecule has 0 aliphatic rings. The number of aliphatic hydroxyl groups is 1. The predicted octanol–water partition coefficient (Wildman–Crippen LogP) is 21.9. The number of esters is 4. The lowest BCUT2D eigenvalue weighted by molar-refractivity contribution is -0.161. The minimum absolute atomic E-state index is 0.106. The second-order valence-electron chi connectivity index (χ2n) is 27.8. The van der Waals surface area contributed by atoms with Gasteiger partial charge in [0, 0.05) is 25.7 Å². The highest BCUT2D eigenvalue weighted by molar-refractivity contribution is 7.47. The van der Waals surface area contributed by atoms with Crippen LogP contribution in [-0.2, 0) is 65.4 Å². The van der Waals surface area contributed by atoms with Crippen molar-refractivity contribution in [3.8, 4) is 0 Å². The fourth-order valence-corrected chi connectivity index (χ4v) is 13.0. The lowest BCUT2D eigenvalue weighted by Crippen LogP contribution is -2.30. The van der Waals surface area contributed by atoms with E-state index in [9.17, 15) is 43.2 Å². The lowest BCUT2D eigenvalue weighted by atomic mass is 9.99. The van der Waals surface area contributed by atoms with Crippen molar-refractivity contribution in [1.82, 2.24) is 0 Å². The van der Waals surface area contributed by atoms with Gasteiger partial charge >= 0.3 is 39.5 Å². The molecule has 6 atom stereocenters. The zero-order chi connectivity index (χ0) is 69.3. The third-order valence-corrected chi connectivity index (χ3v) is 19.7. The van der Waals surface area contributed by atoms with Crippen molar-refractivity contribution in [2.75, 3.05) is 39.6 Å². The average molecular weight is 1380 g/mol. The molecule has 0 amide bonds. The van der Waals surface area contributed by atoms with Crippen LogP contribution in [0.5, 0.6) is 0 Å². The molecule has 0 bridgehead atoms. The van der Waals surface area contributed by atoms with Gasteiger partial charge in [-0.3, -0.25) is 37.3 Å². The molecular weight excluding hydrogens is 1230 g/mol.